The van der Waals surface area contributed by atoms with Crippen LogP contribution in [0.15, 0.2) is 18.2 Å². The van der Waals surface area contributed by atoms with Gasteiger partial charge >= 0.3 is 0 Å². The van der Waals surface area contributed by atoms with Crippen molar-refractivity contribution in [2.75, 3.05) is 20.6 Å². The second kappa shape index (κ2) is 11.7. The van der Waals surface area contributed by atoms with Gasteiger partial charge in [0.15, 0.2) is 0 Å². The zero-order valence-electron chi connectivity index (χ0n) is 12.4. The lowest BCUT2D eigenvalue weighted by atomic mass is 10.1. The van der Waals surface area contributed by atoms with E-state index in [0.29, 0.717) is 38.0 Å². The summed E-state index contributed by atoms with van der Waals surface area (Å²) >= 11 is 0. The molecule has 0 bridgehead atoms. The van der Waals surface area contributed by atoms with Crippen LogP contribution in [0, 0.1) is 5.82 Å². The van der Waals surface area contributed by atoms with Gasteiger partial charge in [-0.1, -0.05) is 6.07 Å². The molecule has 0 aliphatic heterocycles. The number of nitrogens with zero attached hydrogens (tertiary/aromatic N) is 1. The molecule has 0 aliphatic carbocycles. The third-order valence-electron chi connectivity index (χ3n) is 2.69. The smallest absolute Gasteiger partial charge is 0.220 e. The number of hydrogen-bond donors (Lipinski definition) is 2. The third-order valence-corrected chi connectivity index (χ3v) is 2.69. The summed E-state index contributed by atoms with van der Waals surface area (Å²) < 4.78 is 13.6. The van der Waals surface area contributed by atoms with Crippen molar-refractivity contribution >= 4 is 30.7 Å². The van der Waals surface area contributed by atoms with E-state index in [1.165, 1.54) is 6.07 Å². The van der Waals surface area contributed by atoms with Gasteiger partial charge in [0.1, 0.15) is 5.82 Å². The number of halogens is 3. The number of carbonyl (C=O) groups is 1. The first-order valence-electron chi connectivity index (χ1n) is 6.41. The van der Waals surface area contributed by atoms with Crippen LogP contribution in [0.5, 0.6) is 0 Å². The molecule has 21 heavy (non-hydrogen) atoms. The standard InChI is InChI=1S/C14H22FN3O.2ClH/c1-18(2)10-12-8-11(5-6-13(12)15)9-17-14(19)4-3-7-16;;/h5-6,8H,3-4,7,9-10,16H2,1-2H3,(H,17,19);2*1H. The van der Waals surface area contributed by atoms with Crippen LogP contribution in [-0.2, 0) is 17.9 Å². The van der Waals surface area contributed by atoms with Gasteiger partial charge < -0.3 is 16.0 Å². The predicted molar refractivity (Wildman–Crippen MR) is 88.4 cm³/mol. The van der Waals surface area contributed by atoms with Crippen LogP contribution < -0.4 is 11.1 Å². The fraction of sp³-hybridized carbons (Fsp3) is 0.500. The van der Waals surface area contributed by atoms with Crippen molar-refractivity contribution in [3.05, 3.63) is 35.1 Å². The lowest BCUT2D eigenvalue weighted by Crippen LogP contribution is -2.23. The first kappa shape index (κ1) is 22.4. The van der Waals surface area contributed by atoms with Crippen molar-refractivity contribution < 1.29 is 9.18 Å². The van der Waals surface area contributed by atoms with Gasteiger partial charge in [-0.3, -0.25) is 4.79 Å². The van der Waals surface area contributed by atoms with Crippen LogP contribution in [0.4, 0.5) is 4.39 Å². The van der Waals surface area contributed by atoms with Gasteiger partial charge in [-0.25, -0.2) is 4.39 Å². The summed E-state index contributed by atoms with van der Waals surface area (Å²) in [5.41, 5.74) is 6.88. The number of rotatable bonds is 7. The van der Waals surface area contributed by atoms with E-state index in [4.69, 9.17) is 5.73 Å². The maximum atomic E-state index is 13.6. The fourth-order valence-corrected chi connectivity index (χ4v) is 1.75. The van der Waals surface area contributed by atoms with Crippen LogP contribution in [0.3, 0.4) is 0 Å². The summed E-state index contributed by atoms with van der Waals surface area (Å²) in [5, 5.41) is 2.80. The number of nitrogens with one attached hydrogen (secondary N) is 1. The van der Waals surface area contributed by atoms with E-state index in [1.54, 1.807) is 12.1 Å². The molecule has 1 aromatic carbocycles. The molecule has 3 N–H and O–H groups in total. The van der Waals surface area contributed by atoms with Crippen molar-refractivity contribution in [2.24, 2.45) is 5.73 Å². The van der Waals surface area contributed by atoms with E-state index in [0.717, 1.165) is 5.56 Å². The molecule has 1 amide bonds. The molecule has 0 atom stereocenters. The molecule has 1 aromatic rings. The summed E-state index contributed by atoms with van der Waals surface area (Å²) in [4.78, 5) is 13.4. The highest BCUT2D eigenvalue weighted by Gasteiger charge is 2.06. The number of carbonyl (C=O) groups excluding carboxylic acids is 1. The maximum absolute atomic E-state index is 13.6. The van der Waals surface area contributed by atoms with E-state index in [1.807, 2.05) is 19.0 Å². The Hall–Kier alpha value is -0.880. The summed E-state index contributed by atoms with van der Waals surface area (Å²) in [6, 6.07) is 4.93. The Balaban J connectivity index is 0. The number of benzene rings is 1. The van der Waals surface area contributed by atoms with E-state index in [2.05, 4.69) is 5.32 Å². The first-order valence-corrected chi connectivity index (χ1v) is 6.41. The molecule has 4 nitrogen and oxygen atoms in total. The minimum atomic E-state index is -0.216. The SMILES string of the molecule is CN(C)Cc1cc(CNC(=O)CCCN)ccc1F.Cl.Cl. The Morgan fingerprint density at radius 3 is 2.57 bits per heavy atom. The molecule has 7 heteroatoms. The molecule has 0 heterocycles. The average Bonchev–Trinajstić information content (AvgIpc) is 2.36. The Morgan fingerprint density at radius 1 is 1.33 bits per heavy atom. The molecule has 0 unspecified atom stereocenters. The Bertz CT molecular complexity index is 431. The van der Waals surface area contributed by atoms with E-state index in [-0.39, 0.29) is 36.5 Å². The molecular weight excluding hydrogens is 316 g/mol. The van der Waals surface area contributed by atoms with E-state index in [9.17, 15) is 9.18 Å². The highest BCUT2D eigenvalue weighted by atomic mass is 35.5. The predicted octanol–water partition coefficient (Wildman–Crippen LogP) is 2.09. The molecular formula is C14H24Cl2FN3O. The lowest BCUT2D eigenvalue weighted by molar-refractivity contribution is -0.121. The minimum absolute atomic E-state index is 0. The van der Waals surface area contributed by atoms with E-state index < -0.39 is 0 Å². The highest BCUT2D eigenvalue weighted by Crippen LogP contribution is 2.12. The van der Waals surface area contributed by atoms with Crippen LogP contribution in [0.1, 0.15) is 24.0 Å². The first-order chi connectivity index (χ1) is 9.02. The van der Waals surface area contributed by atoms with Crippen LogP contribution in [-0.4, -0.2) is 31.4 Å². The van der Waals surface area contributed by atoms with Crippen LogP contribution in [0.2, 0.25) is 0 Å². The third kappa shape index (κ3) is 8.88. The molecule has 0 aliphatic rings. The molecule has 0 saturated carbocycles. The van der Waals surface area contributed by atoms with Gasteiger partial charge in [0.2, 0.25) is 5.91 Å². The Morgan fingerprint density at radius 2 is 2.00 bits per heavy atom. The molecule has 1 rings (SSSR count). The van der Waals surface area contributed by atoms with Crippen molar-refractivity contribution in [2.45, 2.75) is 25.9 Å². The Kier molecular flexibility index (Phi) is 12.5. The number of hydrogen-bond acceptors (Lipinski definition) is 3. The van der Waals surface area contributed by atoms with E-state index >= 15 is 0 Å². The molecule has 0 radical (unpaired) electrons. The van der Waals surface area contributed by atoms with Crippen molar-refractivity contribution in [3.8, 4) is 0 Å². The molecule has 0 aromatic heterocycles. The largest absolute Gasteiger partial charge is 0.352 e. The average molecular weight is 340 g/mol. The minimum Gasteiger partial charge on any atom is -0.352 e. The second-order valence-corrected chi connectivity index (χ2v) is 4.83. The zero-order valence-corrected chi connectivity index (χ0v) is 14.0. The second-order valence-electron chi connectivity index (χ2n) is 4.83. The molecule has 0 saturated heterocycles. The molecule has 122 valence electrons. The monoisotopic (exact) mass is 339 g/mol. The van der Waals surface area contributed by atoms with Crippen molar-refractivity contribution in [3.63, 3.8) is 0 Å². The lowest BCUT2D eigenvalue weighted by Gasteiger charge is -2.12. The van der Waals surface area contributed by atoms with Gasteiger partial charge in [-0.15, -0.1) is 24.8 Å². The Labute approximate surface area is 138 Å². The van der Waals surface area contributed by atoms with Gasteiger partial charge in [-0.2, -0.15) is 0 Å². The van der Waals surface area contributed by atoms with Gasteiger partial charge in [0.05, 0.1) is 0 Å². The number of amides is 1. The van der Waals surface area contributed by atoms with Crippen LogP contribution in [0.25, 0.3) is 0 Å². The van der Waals surface area contributed by atoms with Crippen molar-refractivity contribution in [1.29, 1.82) is 0 Å². The topological polar surface area (TPSA) is 58.4 Å². The summed E-state index contributed by atoms with van der Waals surface area (Å²) in [6.45, 7) is 1.47. The fourth-order valence-electron chi connectivity index (χ4n) is 1.75. The summed E-state index contributed by atoms with van der Waals surface area (Å²) in [7, 11) is 3.78. The van der Waals surface area contributed by atoms with Crippen molar-refractivity contribution in [1.82, 2.24) is 10.2 Å². The summed E-state index contributed by atoms with van der Waals surface area (Å²) in [6.07, 6.45) is 1.11. The zero-order chi connectivity index (χ0) is 14.3. The molecule has 0 fully saturated rings. The van der Waals surface area contributed by atoms with Gasteiger partial charge in [0, 0.05) is 25.1 Å². The van der Waals surface area contributed by atoms with Crippen LogP contribution >= 0.6 is 24.8 Å². The van der Waals surface area contributed by atoms with Gasteiger partial charge in [-0.05, 0) is 44.8 Å². The summed E-state index contributed by atoms with van der Waals surface area (Å²) in [5.74, 6) is -0.240. The highest BCUT2D eigenvalue weighted by molar-refractivity contribution is 5.85. The number of nitrogens with two attached hydrogens (primary N) is 1. The van der Waals surface area contributed by atoms with Gasteiger partial charge in [0.25, 0.3) is 0 Å². The maximum Gasteiger partial charge on any atom is 0.220 e. The quantitative estimate of drug-likeness (QED) is 0.799. The molecule has 0 spiro atoms. The normalized spacial score (nSPS) is 9.76.